The van der Waals surface area contributed by atoms with E-state index in [0.717, 1.165) is 23.9 Å². The van der Waals surface area contributed by atoms with Crippen LogP contribution in [0.2, 0.25) is 0 Å². The van der Waals surface area contributed by atoms with Crippen LogP contribution in [-0.4, -0.2) is 31.5 Å². The highest BCUT2D eigenvalue weighted by Crippen LogP contribution is 2.35. The van der Waals surface area contributed by atoms with E-state index in [1.807, 2.05) is 30.3 Å². The maximum atomic E-state index is 12.7. The van der Waals surface area contributed by atoms with E-state index in [9.17, 15) is 23.3 Å². The van der Waals surface area contributed by atoms with E-state index in [-0.39, 0.29) is 17.4 Å². The van der Waals surface area contributed by atoms with Gasteiger partial charge in [0.2, 0.25) is 0 Å². The SMILES string of the molecule is COc1cc(C=C2SC(=Nc3ccccc3)NC2=O)ccc1OS(=O)(=O)c1ccccc1[N+](=O)[O-]. The fourth-order valence-corrected chi connectivity index (χ4v) is 5.03. The first-order valence-corrected chi connectivity index (χ1v) is 12.2. The molecule has 3 aromatic rings. The maximum absolute atomic E-state index is 12.7. The van der Waals surface area contributed by atoms with Crippen LogP contribution in [0.4, 0.5) is 11.4 Å². The molecule has 0 unspecified atom stereocenters. The largest absolute Gasteiger partial charge is 0.493 e. The van der Waals surface area contributed by atoms with Crippen molar-refractivity contribution in [1.29, 1.82) is 0 Å². The van der Waals surface area contributed by atoms with Crippen molar-refractivity contribution in [2.75, 3.05) is 7.11 Å². The van der Waals surface area contributed by atoms with Gasteiger partial charge in [-0.15, -0.1) is 0 Å². The minimum Gasteiger partial charge on any atom is -0.493 e. The Labute approximate surface area is 204 Å². The number of nitrogens with one attached hydrogen (secondary N) is 1. The molecule has 10 nitrogen and oxygen atoms in total. The molecular weight excluding hydrogens is 494 g/mol. The monoisotopic (exact) mass is 511 g/mol. The first-order valence-electron chi connectivity index (χ1n) is 9.97. The molecule has 0 aromatic heterocycles. The number of hydrogen-bond donors (Lipinski definition) is 1. The second-order valence-electron chi connectivity index (χ2n) is 6.99. The first kappa shape index (κ1) is 24.0. The fourth-order valence-electron chi connectivity index (χ4n) is 3.08. The summed E-state index contributed by atoms with van der Waals surface area (Å²) in [5.74, 6) is -0.436. The number of aliphatic imine (C=N–C) groups is 1. The van der Waals surface area contributed by atoms with Crippen molar-refractivity contribution in [3.63, 3.8) is 0 Å². The fraction of sp³-hybridized carbons (Fsp3) is 0.0435. The zero-order valence-corrected chi connectivity index (χ0v) is 19.7. The van der Waals surface area contributed by atoms with Gasteiger partial charge in [0.25, 0.3) is 11.6 Å². The summed E-state index contributed by atoms with van der Waals surface area (Å²) in [6, 6.07) is 18.4. The van der Waals surface area contributed by atoms with E-state index in [4.69, 9.17) is 8.92 Å². The number of hydrogen-bond acceptors (Lipinski definition) is 9. The van der Waals surface area contributed by atoms with E-state index in [1.165, 1.54) is 37.4 Å². The number of carbonyl (C=O) groups excluding carboxylic acids is 1. The standard InChI is InChI=1S/C23H17N3O7S2/c1-32-19-13-15(14-20-22(27)25-23(34-20)24-16-7-3-2-4-8-16)11-12-18(19)33-35(30,31)21-10-6-5-9-17(21)26(28)29/h2-14H,1H3,(H,24,25,27). The van der Waals surface area contributed by atoms with Crippen molar-refractivity contribution in [2.45, 2.75) is 4.90 Å². The van der Waals surface area contributed by atoms with Crippen LogP contribution < -0.4 is 14.2 Å². The van der Waals surface area contributed by atoms with E-state index in [2.05, 4.69) is 10.3 Å². The average molecular weight is 512 g/mol. The molecule has 12 heteroatoms. The van der Waals surface area contributed by atoms with E-state index in [1.54, 1.807) is 6.08 Å². The van der Waals surface area contributed by atoms with Crippen LogP contribution in [0.3, 0.4) is 0 Å². The molecule has 1 saturated heterocycles. The number of methoxy groups -OCH3 is 1. The lowest BCUT2D eigenvalue weighted by atomic mass is 10.2. The molecule has 1 aliphatic heterocycles. The number of benzene rings is 3. The third-order valence-electron chi connectivity index (χ3n) is 4.65. The van der Waals surface area contributed by atoms with Crippen molar-refractivity contribution in [3.8, 4) is 11.5 Å². The minimum atomic E-state index is -4.52. The van der Waals surface area contributed by atoms with E-state index >= 15 is 0 Å². The average Bonchev–Trinajstić information content (AvgIpc) is 3.18. The molecule has 35 heavy (non-hydrogen) atoms. The summed E-state index contributed by atoms with van der Waals surface area (Å²) in [5.41, 5.74) is 0.626. The van der Waals surface area contributed by atoms with Crippen LogP contribution in [0.1, 0.15) is 5.56 Å². The summed E-state index contributed by atoms with van der Waals surface area (Å²) in [6.45, 7) is 0. The Balaban J connectivity index is 1.59. The number of nitrogens with zero attached hydrogens (tertiary/aromatic N) is 2. The number of ether oxygens (including phenoxy) is 1. The molecule has 1 amide bonds. The number of para-hydroxylation sites is 2. The van der Waals surface area contributed by atoms with Crippen LogP contribution in [0.15, 0.2) is 87.6 Å². The van der Waals surface area contributed by atoms with Crippen LogP contribution in [-0.2, 0) is 14.9 Å². The Hall–Kier alpha value is -4.16. The molecule has 0 bridgehead atoms. The Morgan fingerprint density at radius 1 is 1.03 bits per heavy atom. The van der Waals surface area contributed by atoms with Gasteiger partial charge in [-0.2, -0.15) is 8.42 Å². The second-order valence-corrected chi connectivity index (χ2v) is 9.54. The van der Waals surface area contributed by atoms with Gasteiger partial charge in [-0.1, -0.05) is 36.4 Å². The molecule has 1 N–H and O–H groups in total. The zero-order valence-electron chi connectivity index (χ0n) is 18.1. The number of amidine groups is 1. The lowest BCUT2D eigenvalue weighted by molar-refractivity contribution is -0.387. The number of nitro benzene ring substituents is 1. The third kappa shape index (κ3) is 5.50. The van der Waals surface area contributed by atoms with Crippen LogP contribution in [0.25, 0.3) is 6.08 Å². The number of thioether (sulfide) groups is 1. The van der Waals surface area contributed by atoms with E-state index in [0.29, 0.717) is 21.3 Å². The van der Waals surface area contributed by atoms with Gasteiger partial charge >= 0.3 is 10.1 Å². The van der Waals surface area contributed by atoms with Crippen LogP contribution in [0.5, 0.6) is 11.5 Å². The molecule has 0 spiro atoms. The van der Waals surface area contributed by atoms with Gasteiger partial charge in [0, 0.05) is 6.07 Å². The Bertz CT molecular complexity index is 1470. The highest BCUT2D eigenvalue weighted by Gasteiger charge is 2.28. The molecule has 1 aliphatic rings. The topological polar surface area (TPSA) is 137 Å². The molecule has 0 atom stereocenters. The number of carbonyl (C=O) groups is 1. The minimum absolute atomic E-state index is 0.0584. The Kier molecular flexibility index (Phi) is 6.85. The summed E-state index contributed by atoms with van der Waals surface area (Å²) >= 11 is 1.16. The molecule has 0 aliphatic carbocycles. The molecule has 4 rings (SSSR count). The molecular formula is C23H17N3O7S2. The first-order chi connectivity index (χ1) is 16.8. The summed E-state index contributed by atoms with van der Waals surface area (Å²) in [4.78, 5) is 27.0. The smallest absolute Gasteiger partial charge is 0.346 e. The number of rotatable bonds is 7. The predicted molar refractivity (Wildman–Crippen MR) is 131 cm³/mol. The van der Waals surface area contributed by atoms with Crippen LogP contribution in [0, 0.1) is 10.1 Å². The molecule has 1 fully saturated rings. The summed E-state index contributed by atoms with van der Waals surface area (Å²) < 4.78 is 35.9. The van der Waals surface area contributed by atoms with Crippen molar-refractivity contribution in [1.82, 2.24) is 5.32 Å². The van der Waals surface area contributed by atoms with E-state index < -0.39 is 25.6 Å². The lowest BCUT2D eigenvalue weighted by Gasteiger charge is -2.11. The van der Waals surface area contributed by atoms with Gasteiger partial charge in [0.05, 0.1) is 22.6 Å². The van der Waals surface area contributed by atoms with Gasteiger partial charge in [0.1, 0.15) is 0 Å². The third-order valence-corrected chi connectivity index (χ3v) is 6.85. The predicted octanol–water partition coefficient (Wildman–Crippen LogP) is 4.26. The molecule has 0 radical (unpaired) electrons. The van der Waals surface area contributed by atoms with Crippen molar-refractivity contribution in [2.24, 2.45) is 4.99 Å². The molecule has 178 valence electrons. The lowest BCUT2D eigenvalue weighted by Crippen LogP contribution is -2.19. The van der Waals surface area contributed by atoms with Gasteiger partial charge in [0.15, 0.2) is 21.6 Å². The summed E-state index contributed by atoms with van der Waals surface area (Å²) in [5, 5.41) is 14.3. The maximum Gasteiger partial charge on any atom is 0.346 e. The number of amides is 1. The summed E-state index contributed by atoms with van der Waals surface area (Å²) in [6.07, 6.45) is 1.59. The van der Waals surface area contributed by atoms with Crippen LogP contribution >= 0.6 is 11.8 Å². The molecule has 0 saturated carbocycles. The highest BCUT2D eigenvalue weighted by molar-refractivity contribution is 8.18. The van der Waals surface area contributed by atoms with Gasteiger partial charge in [-0.25, -0.2) is 4.99 Å². The normalized spacial score (nSPS) is 15.7. The van der Waals surface area contributed by atoms with Gasteiger partial charge in [-0.3, -0.25) is 14.9 Å². The van der Waals surface area contributed by atoms with Crippen molar-refractivity contribution in [3.05, 3.63) is 93.4 Å². The van der Waals surface area contributed by atoms with Crippen molar-refractivity contribution < 1.29 is 27.1 Å². The molecule has 3 aromatic carbocycles. The second kappa shape index (κ2) is 9.99. The summed E-state index contributed by atoms with van der Waals surface area (Å²) in [7, 11) is -3.21. The number of nitro groups is 1. The van der Waals surface area contributed by atoms with Gasteiger partial charge < -0.3 is 14.2 Å². The highest BCUT2D eigenvalue weighted by atomic mass is 32.2. The Morgan fingerprint density at radius 3 is 2.46 bits per heavy atom. The molecule has 1 heterocycles. The Morgan fingerprint density at radius 2 is 1.74 bits per heavy atom. The zero-order chi connectivity index (χ0) is 25.0. The van der Waals surface area contributed by atoms with Crippen molar-refractivity contribution >= 4 is 50.4 Å². The quantitative estimate of drug-likeness (QED) is 0.215. The van der Waals surface area contributed by atoms with Gasteiger partial charge in [-0.05, 0) is 53.7 Å².